The highest BCUT2D eigenvalue weighted by Crippen LogP contribution is 2.42. The molecule has 2 unspecified atom stereocenters. The second-order valence-electron chi connectivity index (χ2n) is 8.46. The molecule has 0 spiro atoms. The topological polar surface area (TPSA) is 77.5 Å². The van der Waals surface area contributed by atoms with Crippen LogP contribution in [-0.4, -0.2) is 34.4 Å². The van der Waals surface area contributed by atoms with Crippen LogP contribution < -0.4 is 0 Å². The predicted molar refractivity (Wildman–Crippen MR) is 114 cm³/mol. The molecule has 1 saturated heterocycles. The normalized spacial score (nSPS) is 22.9. The lowest BCUT2D eigenvalue weighted by Gasteiger charge is -2.38. The van der Waals surface area contributed by atoms with Gasteiger partial charge in [-0.2, -0.15) is 0 Å². The molecule has 1 heterocycles. The average molecular weight is 455 g/mol. The lowest BCUT2D eigenvalue weighted by Crippen LogP contribution is -2.42. The molecule has 3 rings (SSSR count). The number of hydrogen-bond donors (Lipinski definition) is 0. The Morgan fingerprint density at radius 3 is 2.40 bits per heavy atom. The molecule has 2 aromatic carbocycles. The van der Waals surface area contributed by atoms with Crippen LogP contribution in [0.3, 0.4) is 0 Å². The monoisotopic (exact) mass is 454 g/mol. The third-order valence-corrected chi connectivity index (χ3v) is 9.45. The molecule has 1 aliphatic rings. The maximum Gasteiger partial charge on any atom is 0.184 e. The molecule has 0 aromatic heterocycles. The van der Waals surface area contributed by atoms with Gasteiger partial charge in [0.2, 0.25) is 0 Å². The Kier molecular flexibility index (Phi) is 6.15. The maximum absolute atomic E-state index is 14.4. The van der Waals surface area contributed by atoms with Crippen molar-refractivity contribution in [2.24, 2.45) is 0 Å². The Hall–Kier alpha value is -1.77. The lowest BCUT2D eigenvalue weighted by atomic mass is 9.92. The van der Waals surface area contributed by atoms with Gasteiger partial charge >= 0.3 is 0 Å². The maximum atomic E-state index is 14.4. The first kappa shape index (κ1) is 22.9. The molecule has 0 amide bonds. The summed E-state index contributed by atoms with van der Waals surface area (Å²) in [4.78, 5) is -0.113. The van der Waals surface area contributed by atoms with Crippen LogP contribution in [0.2, 0.25) is 0 Å². The standard InChI is InChI=1S/C22H27FO5S2/c1-15(2)16-6-5-7-18(12-16)30(26,27)22(3)10-11-28-20(14-22)17-8-9-21(19(23)13-17)29(4,24)25/h5-9,12-13,15,20H,10-11,14H2,1-4H3. The molecule has 2 aromatic rings. The summed E-state index contributed by atoms with van der Waals surface area (Å²) >= 11 is 0. The van der Waals surface area contributed by atoms with Crippen molar-refractivity contribution in [2.75, 3.05) is 12.9 Å². The van der Waals surface area contributed by atoms with E-state index in [1.807, 2.05) is 19.9 Å². The Morgan fingerprint density at radius 1 is 1.10 bits per heavy atom. The van der Waals surface area contributed by atoms with Crippen molar-refractivity contribution in [3.05, 3.63) is 59.4 Å². The van der Waals surface area contributed by atoms with Gasteiger partial charge < -0.3 is 4.74 Å². The van der Waals surface area contributed by atoms with E-state index in [2.05, 4.69) is 0 Å². The Bertz CT molecular complexity index is 1160. The van der Waals surface area contributed by atoms with Crippen LogP contribution in [0, 0.1) is 5.82 Å². The minimum Gasteiger partial charge on any atom is -0.373 e. The summed E-state index contributed by atoms with van der Waals surface area (Å²) in [6.45, 7) is 5.92. The minimum absolute atomic E-state index is 0.152. The SMILES string of the molecule is CC(C)c1cccc(S(=O)(=O)C2(C)CCOC(c3ccc(S(C)(=O)=O)c(F)c3)C2)c1. The van der Waals surface area contributed by atoms with Crippen molar-refractivity contribution in [2.45, 2.75) is 60.2 Å². The van der Waals surface area contributed by atoms with Crippen LogP contribution in [-0.2, 0) is 24.4 Å². The highest BCUT2D eigenvalue weighted by atomic mass is 32.2. The van der Waals surface area contributed by atoms with Gasteiger partial charge in [0.25, 0.3) is 0 Å². The zero-order valence-corrected chi connectivity index (χ0v) is 19.2. The van der Waals surface area contributed by atoms with Crippen LogP contribution in [0.4, 0.5) is 4.39 Å². The average Bonchev–Trinajstić information content (AvgIpc) is 2.67. The van der Waals surface area contributed by atoms with Gasteiger partial charge in [-0.3, -0.25) is 0 Å². The highest BCUT2D eigenvalue weighted by Gasteiger charge is 2.45. The van der Waals surface area contributed by atoms with Gasteiger partial charge in [-0.05, 0) is 61.1 Å². The van der Waals surface area contributed by atoms with E-state index in [1.165, 1.54) is 12.1 Å². The van der Waals surface area contributed by atoms with Crippen LogP contribution >= 0.6 is 0 Å². The number of rotatable bonds is 5. The molecule has 0 aliphatic carbocycles. The molecule has 0 saturated carbocycles. The summed E-state index contributed by atoms with van der Waals surface area (Å²) in [5.41, 5.74) is 1.37. The lowest BCUT2D eigenvalue weighted by molar-refractivity contribution is 0.000104. The van der Waals surface area contributed by atoms with Gasteiger partial charge in [0.1, 0.15) is 10.7 Å². The van der Waals surface area contributed by atoms with E-state index in [4.69, 9.17) is 4.74 Å². The third-order valence-electron chi connectivity index (χ3n) is 5.78. The number of halogens is 1. The van der Waals surface area contributed by atoms with E-state index in [0.717, 1.165) is 17.9 Å². The van der Waals surface area contributed by atoms with E-state index < -0.39 is 36.3 Å². The van der Waals surface area contributed by atoms with Gasteiger partial charge in [-0.1, -0.05) is 32.0 Å². The molecule has 1 fully saturated rings. The zero-order chi connectivity index (χ0) is 22.3. The van der Waals surface area contributed by atoms with Crippen molar-refractivity contribution < 1.29 is 26.0 Å². The zero-order valence-electron chi connectivity index (χ0n) is 17.6. The molecule has 5 nitrogen and oxygen atoms in total. The fourth-order valence-corrected chi connectivity index (χ4v) is 6.34. The minimum atomic E-state index is -3.69. The van der Waals surface area contributed by atoms with Crippen LogP contribution in [0.5, 0.6) is 0 Å². The van der Waals surface area contributed by atoms with Gasteiger partial charge in [-0.15, -0.1) is 0 Å². The quantitative estimate of drug-likeness (QED) is 0.668. The van der Waals surface area contributed by atoms with Gasteiger partial charge in [0.05, 0.1) is 15.7 Å². The summed E-state index contributed by atoms with van der Waals surface area (Å²) in [7, 11) is -7.36. The predicted octanol–water partition coefficient (Wildman–Crippen LogP) is 4.44. The van der Waals surface area contributed by atoms with Crippen molar-refractivity contribution in [3.8, 4) is 0 Å². The van der Waals surface area contributed by atoms with Crippen molar-refractivity contribution >= 4 is 19.7 Å². The van der Waals surface area contributed by atoms with E-state index in [9.17, 15) is 21.2 Å². The number of ether oxygens (including phenoxy) is 1. The number of sulfone groups is 2. The molecule has 1 aliphatic heterocycles. The summed E-state index contributed by atoms with van der Waals surface area (Å²) in [5, 5.41) is 0. The molecule has 30 heavy (non-hydrogen) atoms. The first-order valence-electron chi connectivity index (χ1n) is 9.81. The van der Waals surface area contributed by atoms with Crippen molar-refractivity contribution in [1.82, 2.24) is 0 Å². The van der Waals surface area contributed by atoms with E-state index in [0.29, 0.717) is 12.0 Å². The first-order chi connectivity index (χ1) is 13.8. The highest BCUT2D eigenvalue weighted by molar-refractivity contribution is 7.92. The summed E-state index contributed by atoms with van der Waals surface area (Å²) < 4.78 is 69.3. The second kappa shape index (κ2) is 8.05. The molecular weight excluding hydrogens is 427 g/mol. The van der Waals surface area contributed by atoms with Crippen LogP contribution in [0.1, 0.15) is 56.8 Å². The first-order valence-corrected chi connectivity index (χ1v) is 13.2. The Labute approximate surface area is 178 Å². The molecule has 0 radical (unpaired) electrons. The van der Waals surface area contributed by atoms with Crippen molar-refractivity contribution in [3.63, 3.8) is 0 Å². The fraction of sp³-hybridized carbons (Fsp3) is 0.455. The van der Waals surface area contributed by atoms with Crippen molar-refractivity contribution in [1.29, 1.82) is 0 Å². The molecule has 8 heteroatoms. The molecular formula is C22H27FO5S2. The molecule has 164 valence electrons. The van der Waals surface area contributed by atoms with Gasteiger partial charge in [0, 0.05) is 12.9 Å². The van der Waals surface area contributed by atoms with E-state index >= 15 is 0 Å². The second-order valence-corrected chi connectivity index (χ2v) is 12.9. The summed E-state index contributed by atoms with van der Waals surface area (Å²) in [6.07, 6.45) is 0.771. The Morgan fingerprint density at radius 2 is 1.80 bits per heavy atom. The van der Waals surface area contributed by atoms with Gasteiger partial charge in [0.15, 0.2) is 19.7 Å². The third kappa shape index (κ3) is 4.31. The summed E-state index contributed by atoms with van der Waals surface area (Å²) in [5.74, 6) is -0.662. The molecule has 2 atom stereocenters. The van der Waals surface area contributed by atoms with Gasteiger partial charge in [-0.25, -0.2) is 21.2 Å². The Balaban J connectivity index is 1.94. The number of benzene rings is 2. The largest absolute Gasteiger partial charge is 0.373 e. The van der Waals surface area contributed by atoms with Crippen LogP contribution in [0.15, 0.2) is 52.3 Å². The number of hydrogen-bond acceptors (Lipinski definition) is 5. The molecule has 0 bridgehead atoms. The summed E-state index contributed by atoms with van der Waals surface area (Å²) in [6, 6.07) is 10.8. The van der Waals surface area contributed by atoms with E-state index in [-0.39, 0.29) is 28.7 Å². The fourth-order valence-electron chi connectivity index (χ4n) is 3.77. The molecule has 0 N–H and O–H groups in total. The smallest absolute Gasteiger partial charge is 0.184 e. The van der Waals surface area contributed by atoms with E-state index in [1.54, 1.807) is 25.1 Å². The van der Waals surface area contributed by atoms with Crippen LogP contribution in [0.25, 0.3) is 0 Å².